The van der Waals surface area contributed by atoms with Crippen LogP contribution in [0, 0.1) is 5.82 Å². The highest BCUT2D eigenvalue weighted by Crippen LogP contribution is 2.28. The summed E-state index contributed by atoms with van der Waals surface area (Å²) in [5.74, 6) is -1.26. The number of morpholine rings is 1. The van der Waals surface area contributed by atoms with Gasteiger partial charge in [-0.15, -0.1) is 11.3 Å². The van der Waals surface area contributed by atoms with E-state index in [9.17, 15) is 18.8 Å². The van der Waals surface area contributed by atoms with Crippen LogP contribution in [-0.4, -0.2) is 56.9 Å². The summed E-state index contributed by atoms with van der Waals surface area (Å²) in [5.41, 5.74) is 0.443. The van der Waals surface area contributed by atoms with Gasteiger partial charge in [0, 0.05) is 6.54 Å². The number of halogens is 2. The first kappa shape index (κ1) is 20.6. The summed E-state index contributed by atoms with van der Waals surface area (Å²) in [4.78, 5) is 39.3. The van der Waals surface area contributed by atoms with Gasteiger partial charge in [0.15, 0.2) is 0 Å². The molecule has 1 atom stereocenters. The minimum atomic E-state index is -0.636. The number of carbonyl (C=O) groups excluding carboxylic acids is 3. The van der Waals surface area contributed by atoms with E-state index in [1.165, 1.54) is 21.9 Å². The number of nitrogens with zero attached hydrogens (tertiary/aromatic N) is 2. The lowest BCUT2D eigenvalue weighted by molar-refractivity contribution is -0.125. The van der Waals surface area contributed by atoms with Gasteiger partial charge in [0.1, 0.15) is 18.5 Å². The minimum Gasteiger partial charge on any atom is -0.442 e. The second-order valence-electron chi connectivity index (χ2n) is 6.66. The topological polar surface area (TPSA) is 88.2 Å². The maximum atomic E-state index is 14.6. The van der Waals surface area contributed by atoms with Crippen molar-refractivity contribution in [3.05, 3.63) is 45.4 Å². The first-order chi connectivity index (χ1) is 14.4. The first-order valence-corrected chi connectivity index (χ1v) is 10.3. The van der Waals surface area contributed by atoms with E-state index in [2.05, 4.69) is 5.32 Å². The highest BCUT2D eigenvalue weighted by molar-refractivity contribution is 7.18. The van der Waals surface area contributed by atoms with Crippen LogP contribution >= 0.6 is 22.9 Å². The van der Waals surface area contributed by atoms with Crippen LogP contribution in [0.25, 0.3) is 0 Å². The molecule has 2 aliphatic heterocycles. The smallest absolute Gasteiger partial charge is 0.414 e. The maximum absolute atomic E-state index is 14.6. The molecule has 0 aliphatic carbocycles. The Bertz CT molecular complexity index is 1000. The largest absolute Gasteiger partial charge is 0.442 e. The molecule has 1 aromatic carbocycles. The van der Waals surface area contributed by atoms with Crippen LogP contribution in [0.5, 0.6) is 0 Å². The van der Waals surface area contributed by atoms with E-state index in [-0.39, 0.29) is 43.7 Å². The summed E-state index contributed by atoms with van der Waals surface area (Å²) in [6.07, 6.45) is -1.22. The lowest BCUT2D eigenvalue weighted by Gasteiger charge is -2.27. The fourth-order valence-corrected chi connectivity index (χ4v) is 4.18. The number of benzene rings is 1. The zero-order valence-electron chi connectivity index (χ0n) is 15.6. The second-order valence-corrected chi connectivity index (χ2v) is 8.38. The highest BCUT2D eigenvalue weighted by Gasteiger charge is 2.33. The number of hydrogen-bond acceptors (Lipinski definition) is 6. The molecule has 2 fully saturated rings. The zero-order valence-corrected chi connectivity index (χ0v) is 17.2. The van der Waals surface area contributed by atoms with Crippen molar-refractivity contribution in [2.45, 2.75) is 6.10 Å². The number of cyclic esters (lactones) is 1. The van der Waals surface area contributed by atoms with Gasteiger partial charge in [-0.1, -0.05) is 11.6 Å². The number of carbonyl (C=O) groups is 3. The summed E-state index contributed by atoms with van der Waals surface area (Å²) in [6.45, 7) is 0.762. The summed E-state index contributed by atoms with van der Waals surface area (Å²) >= 11 is 6.97. The molecule has 1 N–H and O–H groups in total. The Balaban J connectivity index is 1.39. The van der Waals surface area contributed by atoms with Gasteiger partial charge in [-0.3, -0.25) is 14.5 Å². The Morgan fingerprint density at radius 1 is 1.27 bits per heavy atom. The standard InChI is InChI=1S/C19H17ClFN3O5S/c20-16-4-3-15(30-16)18(26)22-8-12-9-24(19(27)29-12)11-1-2-14(13(21)7-11)23-5-6-28-10-17(23)25/h1-4,7,12H,5-6,8-10H2,(H,22,26)/t12-/m0/s1. The quantitative estimate of drug-likeness (QED) is 0.752. The average molecular weight is 454 g/mol. The molecule has 30 heavy (non-hydrogen) atoms. The van der Waals surface area contributed by atoms with E-state index >= 15 is 0 Å². The maximum Gasteiger partial charge on any atom is 0.414 e. The lowest BCUT2D eigenvalue weighted by Crippen LogP contribution is -2.42. The molecule has 3 heterocycles. The number of hydrogen-bond donors (Lipinski definition) is 1. The summed E-state index contributed by atoms with van der Waals surface area (Å²) in [7, 11) is 0. The SMILES string of the molecule is O=C(NC[C@H]1CN(c2ccc(N3CCOCC3=O)c(F)c2)C(=O)O1)c1ccc(Cl)s1. The van der Waals surface area contributed by atoms with Crippen molar-refractivity contribution >= 4 is 52.2 Å². The Labute approximate surface area is 180 Å². The van der Waals surface area contributed by atoms with E-state index in [0.717, 1.165) is 11.3 Å². The van der Waals surface area contributed by atoms with Crippen LogP contribution in [0.1, 0.15) is 9.67 Å². The van der Waals surface area contributed by atoms with Crippen LogP contribution in [0.15, 0.2) is 30.3 Å². The molecule has 158 valence electrons. The van der Waals surface area contributed by atoms with E-state index in [1.54, 1.807) is 18.2 Å². The summed E-state index contributed by atoms with van der Waals surface area (Å²) in [6, 6.07) is 7.43. The molecule has 0 spiro atoms. The normalized spacial score (nSPS) is 19.2. The first-order valence-electron chi connectivity index (χ1n) is 9.11. The van der Waals surface area contributed by atoms with Crippen LogP contribution in [0.4, 0.5) is 20.6 Å². The van der Waals surface area contributed by atoms with Crippen molar-refractivity contribution in [1.82, 2.24) is 5.32 Å². The molecule has 0 unspecified atom stereocenters. The molecular weight excluding hydrogens is 437 g/mol. The molecule has 2 aliphatic rings. The van der Waals surface area contributed by atoms with Crippen molar-refractivity contribution in [2.75, 3.05) is 42.6 Å². The van der Waals surface area contributed by atoms with E-state index < -0.39 is 18.0 Å². The van der Waals surface area contributed by atoms with Crippen molar-refractivity contribution < 1.29 is 28.2 Å². The Hall–Kier alpha value is -2.69. The fourth-order valence-electron chi connectivity index (χ4n) is 3.22. The number of rotatable bonds is 5. The molecule has 1 aromatic heterocycles. The molecule has 8 nitrogen and oxygen atoms in total. The van der Waals surface area contributed by atoms with Gasteiger partial charge < -0.3 is 19.7 Å². The third-order valence-electron chi connectivity index (χ3n) is 4.68. The Kier molecular flexibility index (Phi) is 5.89. The van der Waals surface area contributed by atoms with Gasteiger partial charge in [0.05, 0.1) is 40.3 Å². The number of thiophene rings is 1. The van der Waals surface area contributed by atoms with E-state index in [0.29, 0.717) is 21.5 Å². The number of ether oxygens (including phenoxy) is 2. The molecular formula is C19H17ClFN3O5S. The van der Waals surface area contributed by atoms with E-state index in [1.807, 2.05) is 0 Å². The molecule has 0 bridgehead atoms. The van der Waals surface area contributed by atoms with Gasteiger partial charge in [0.25, 0.3) is 11.8 Å². The lowest BCUT2D eigenvalue weighted by atomic mass is 10.2. The van der Waals surface area contributed by atoms with Gasteiger partial charge in [-0.25, -0.2) is 9.18 Å². The molecule has 0 radical (unpaired) electrons. The number of nitrogens with one attached hydrogen (secondary N) is 1. The molecule has 2 aromatic rings. The van der Waals surface area contributed by atoms with Gasteiger partial charge in [-0.05, 0) is 30.3 Å². The minimum absolute atomic E-state index is 0.0925. The van der Waals surface area contributed by atoms with Crippen molar-refractivity contribution in [3.8, 4) is 0 Å². The molecule has 3 amide bonds. The fraction of sp³-hybridized carbons (Fsp3) is 0.316. The van der Waals surface area contributed by atoms with Crippen molar-refractivity contribution in [2.24, 2.45) is 0 Å². The predicted octanol–water partition coefficient (Wildman–Crippen LogP) is 2.66. The third-order valence-corrected chi connectivity index (χ3v) is 5.91. The summed E-state index contributed by atoms with van der Waals surface area (Å²) < 4.78 is 25.5. The van der Waals surface area contributed by atoms with Gasteiger partial charge in [-0.2, -0.15) is 0 Å². The van der Waals surface area contributed by atoms with Crippen LogP contribution in [0.2, 0.25) is 4.34 Å². The zero-order chi connectivity index (χ0) is 21.3. The van der Waals surface area contributed by atoms with Crippen LogP contribution in [0.3, 0.4) is 0 Å². The average Bonchev–Trinajstić information content (AvgIpc) is 3.32. The van der Waals surface area contributed by atoms with Crippen LogP contribution in [-0.2, 0) is 14.3 Å². The van der Waals surface area contributed by atoms with Gasteiger partial charge in [0.2, 0.25) is 0 Å². The van der Waals surface area contributed by atoms with Crippen molar-refractivity contribution in [3.63, 3.8) is 0 Å². The van der Waals surface area contributed by atoms with E-state index in [4.69, 9.17) is 21.1 Å². The molecule has 0 saturated carbocycles. The summed E-state index contributed by atoms with van der Waals surface area (Å²) in [5, 5.41) is 2.69. The Morgan fingerprint density at radius 2 is 2.10 bits per heavy atom. The van der Waals surface area contributed by atoms with Crippen LogP contribution < -0.4 is 15.1 Å². The molecule has 11 heteroatoms. The highest BCUT2D eigenvalue weighted by atomic mass is 35.5. The second kappa shape index (κ2) is 8.58. The third kappa shape index (κ3) is 4.25. The molecule has 2 saturated heterocycles. The number of amides is 3. The monoisotopic (exact) mass is 453 g/mol. The Morgan fingerprint density at radius 3 is 2.80 bits per heavy atom. The predicted molar refractivity (Wildman–Crippen MR) is 109 cm³/mol. The van der Waals surface area contributed by atoms with Crippen molar-refractivity contribution in [1.29, 1.82) is 0 Å². The molecule has 4 rings (SSSR count). The van der Waals surface area contributed by atoms with Gasteiger partial charge >= 0.3 is 6.09 Å². The number of anilines is 2.